The molecular weight excluding hydrogens is 304 g/mol. The minimum Gasteiger partial charge on any atom is -0.468 e. The van der Waals surface area contributed by atoms with Crippen LogP contribution in [-0.4, -0.2) is 41.3 Å². The van der Waals surface area contributed by atoms with Crippen molar-refractivity contribution >= 4 is 0 Å². The predicted molar refractivity (Wildman–Crippen MR) is 89.5 cm³/mol. The highest BCUT2D eigenvalue weighted by molar-refractivity contribution is 5.20. The van der Waals surface area contributed by atoms with Gasteiger partial charge in [0.25, 0.3) is 0 Å². The number of likely N-dealkylation sites (tertiary alicyclic amines) is 1. The van der Waals surface area contributed by atoms with Crippen molar-refractivity contribution in [3.63, 3.8) is 0 Å². The fraction of sp³-hybridized carbons (Fsp3) is 0.526. The molecule has 0 aliphatic carbocycles. The summed E-state index contributed by atoms with van der Waals surface area (Å²) in [6.07, 6.45) is 7.67. The summed E-state index contributed by atoms with van der Waals surface area (Å²) in [6.45, 7) is 6.30. The molecule has 24 heavy (non-hydrogen) atoms. The third-order valence-electron chi connectivity index (χ3n) is 5.05. The zero-order valence-electron chi connectivity index (χ0n) is 14.1. The predicted octanol–water partition coefficient (Wildman–Crippen LogP) is 2.93. The van der Waals surface area contributed by atoms with E-state index in [1.54, 1.807) is 6.26 Å². The molecule has 0 radical (unpaired) electrons. The summed E-state index contributed by atoms with van der Waals surface area (Å²) in [7, 11) is 0. The molecule has 2 aromatic rings. The van der Waals surface area contributed by atoms with Gasteiger partial charge in [0.15, 0.2) is 0 Å². The van der Waals surface area contributed by atoms with Crippen LogP contribution in [0.15, 0.2) is 41.3 Å². The molecule has 2 fully saturated rings. The smallest absolute Gasteiger partial charge is 0.117 e. The number of furan rings is 1. The quantitative estimate of drug-likeness (QED) is 0.844. The third-order valence-corrected chi connectivity index (χ3v) is 5.05. The Bertz CT molecular complexity index is 665. The minimum absolute atomic E-state index is 0.0283. The van der Waals surface area contributed by atoms with E-state index in [0.717, 1.165) is 44.8 Å². The third kappa shape index (κ3) is 3.38. The van der Waals surface area contributed by atoms with Crippen molar-refractivity contribution in [1.29, 1.82) is 0 Å². The lowest BCUT2D eigenvalue weighted by atomic mass is 9.84. The van der Waals surface area contributed by atoms with Gasteiger partial charge in [0.1, 0.15) is 5.76 Å². The Hall–Kier alpha value is -1.69. The maximum absolute atomic E-state index is 6.17. The van der Waals surface area contributed by atoms with Crippen LogP contribution in [0.5, 0.6) is 0 Å². The number of hydrogen-bond acceptors (Lipinski definition) is 5. The van der Waals surface area contributed by atoms with Gasteiger partial charge in [-0.1, -0.05) is 0 Å². The second-order valence-corrected chi connectivity index (χ2v) is 6.98. The second-order valence-electron chi connectivity index (χ2n) is 6.98. The largest absolute Gasteiger partial charge is 0.468 e. The van der Waals surface area contributed by atoms with Gasteiger partial charge in [-0.15, -0.1) is 0 Å². The molecule has 0 amide bonds. The van der Waals surface area contributed by atoms with E-state index in [0.29, 0.717) is 6.61 Å². The van der Waals surface area contributed by atoms with Crippen molar-refractivity contribution < 1.29 is 13.9 Å². The monoisotopic (exact) mass is 328 g/mol. The normalized spacial score (nSPS) is 23.3. The average molecular weight is 328 g/mol. The highest BCUT2D eigenvalue weighted by Gasteiger charge is 2.47. The van der Waals surface area contributed by atoms with Crippen LogP contribution < -0.4 is 0 Å². The molecule has 4 heterocycles. The van der Waals surface area contributed by atoms with E-state index in [-0.39, 0.29) is 11.7 Å². The van der Waals surface area contributed by atoms with Crippen LogP contribution in [0, 0.1) is 6.92 Å². The Morgan fingerprint density at radius 1 is 1.38 bits per heavy atom. The Kier molecular flexibility index (Phi) is 4.39. The zero-order chi connectivity index (χ0) is 16.4. The first kappa shape index (κ1) is 15.8. The van der Waals surface area contributed by atoms with Gasteiger partial charge in [-0.3, -0.25) is 9.88 Å². The van der Waals surface area contributed by atoms with Gasteiger partial charge in [-0.05, 0) is 42.7 Å². The highest BCUT2D eigenvalue weighted by Crippen LogP contribution is 2.36. The number of aryl methyl sites for hydroxylation is 1. The molecule has 0 saturated carbocycles. The molecule has 0 bridgehead atoms. The van der Waals surface area contributed by atoms with Crippen LogP contribution in [0.1, 0.15) is 29.7 Å². The molecule has 2 aromatic heterocycles. The molecule has 0 aromatic carbocycles. The van der Waals surface area contributed by atoms with Gasteiger partial charge in [-0.25, -0.2) is 0 Å². The summed E-state index contributed by atoms with van der Waals surface area (Å²) in [4.78, 5) is 6.56. The molecule has 4 rings (SSSR count). The van der Waals surface area contributed by atoms with E-state index in [9.17, 15) is 0 Å². The lowest BCUT2D eigenvalue weighted by Crippen LogP contribution is -2.65. The summed E-state index contributed by atoms with van der Waals surface area (Å²) in [5.74, 6) is 1.01. The maximum Gasteiger partial charge on any atom is 0.117 e. The molecule has 5 heteroatoms. The summed E-state index contributed by atoms with van der Waals surface area (Å²) in [5.41, 5.74) is 2.38. The molecular formula is C19H24N2O3. The van der Waals surface area contributed by atoms with E-state index in [4.69, 9.17) is 13.9 Å². The summed E-state index contributed by atoms with van der Waals surface area (Å²) in [5, 5.41) is 0. The van der Waals surface area contributed by atoms with Gasteiger partial charge in [0.05, 0.1) is 31.1 Å². The van der Waals surface area contributed by atoms with Crippen molar-refractivity contribution in [2.24, 2.45) is 0 Å². The van der Waals surface area contributed by atoms with Gasteiger partial charge in [0.2, 0.25) is 0 Å². The SMILES string of the molecule is Cc1ccncc1COC1CCOC2(C1)CN(Cc1ccco1)C2. The van der Waals surface area contributed by atoms with E-state index in [1.807, 2.05) is 30.6 Å². The zero-order valence-corrected chi connectivity index (χ0v) is 14.1. The van der Waals surface area contributed by atoms with Crippen molar-refractivity contribution in [2.45, 2.75) is 44.6 Å². The Balaban J connectivity index is 1.28. The number of pyridine rings is 1. The molecule has 2 saturated heterocycles. The Morgan fingerprint density at radius 2 is 2.29 bits per heavy atom. The number of nitrogens with zero attached hydrogens (tertiary/aromatic N) is 2. The molecule has 128 valence electrons. The molecule has 0 N–H and O–H groups in total. The van der Waals surface area contributed by atoms with Crippen molar-refractivity contribution in [3.8, 4) is 0 Å². The molecule has 2 aliphatic heterocycles. The first-order valence-corrected chi connectivity index (χ1v) is 8.62. The average Bonchev–Trinajstić information content (AvgIpc) is 3.06. The van der Waals surface area contributed by atoms with Gasteiger partial charge in [-0.2, -0.15) is 0 Å². The minimum atomic E-state index is -0.0283. The van der Waals surface area contributed by atoms with E-state index in [2.05, 4.69) is 16.8 Å². The van der Waals surface area contributed by atoms with Gasteiger partial charge < -0.3 is 13.9 Å². The Morgan fingerprint density at radius 3 is 3.08 bits per heavy atom. The number of hydrogen-bond donors (Lipinski definition) is 0. The van der Waals surface area contributed by atoms with Crippen LogP contribution in [-0.2, 0) is 22.6 Å². The van der Waals surface area contributed by atoms with E-state index in [1.165, 1.54) is 11.1 Å². The molecule has 5 nitrogen and oxygen atoms in total. The van der Waals surface area contributed by atoms with Crippen LogP contribution >= 0.6 is 0 Å². The van der Waals surface area contributed by atoms with Crippen molar-refractivity contribution in [2.75, 3.05) is 19.7 Å². The molecule has 2 aliphatic rings. The van der Waals surface area contributed by atoms with E-state index < -0.39 is 0 Å². The fourth-order valence-corrected chi connectivity index (χ4v) is 3.70. The summed E-state index contributed by atoms with van der Waals surface area (Å²) < 4.78 is 17.7. The topological polar surface area (TPSA) is 47.7 Å². The molecule has 1 unspecified atom stereocenters. The van der Waals surface area contributed by atoms with Gasteiger partial charge >= 0.3 is 0 Å². The first-order chi connectivity index (χ1) is 11.7. The van der Waals surface area contributed by atoms with Crippen molar-refractivity contribution in [1.82, 2.24) is 9.88 Å². The van der Waals surface area contributed by atoms with Crippen LogP contribution in [0.3, 0.4) is 0 Å². The molecule has 1 spiro atoms. The summed E-state index contributed by atoms with van der Waals surface area (Å²) >= 11 is 0. The fourth-order valence-electron chi connectivity index (χ4n) is 3.70. The number of aromatic nitrogens is 1. The van der Waals surface area contributed by atoms with Crippen molar-refractivity contribution in [3.05, 3.63) is 53.7 Å². The number of rotatable bonds is 5. The lowest BCUT2D eigenvalue weighted by molar-refractivity contribution is -0.201. The first-order valence-electron chi connectivity index (χ1n) is 8.62. The van der Waals surface area contributed by atoms with Crippen LogP contribution in [0.2, 0.25) is 0 Å². The maximum atomic E-state index is 6.17. The second kappa shape index (κ2) is 6.67. The van der Waals surface area contributed by atoms with Crippen LogP contribution in [0.4, 0.5) is 0 Å². The van der Waals surface area contributed by atoms with Gasteiger partial charge in [0, 0.05) is 38.5 Å². The summed E-state index contributed by atoms with van der Waals surface area (Å²) in [6, 6.07) is 5.99. The van der Waals surface area contributed by atoms with Crippen LogP contribution in [0.25, 0.3) is 0 Å². The molecule has 1 atom stereocenters. The Labute approximate surface area is 142 Å². The lowest BCUT2D eigenvalue weighted by Gasteiger charge is -2.53. The van der Waals surface area contributed by atoms with E-state index >= 15 is 0 Å². The standard InChI is InChI=1S/C19H24N2O3/c1-15-4-6-20-10-16(15)12-23-17-5-8-24-19(9-17)13-21(14-19)11-18-3-2-7-22-18/h2-4,6-7,10,17H,5,8-9,11-14H2,1H3. The highest BCUT2D eigenvalue weighted by atomic mass is 16.5. The number of ether oxygens (including phenoxy) is 2.